The topological polar surface area (TPSA) is 69.4 Å². The van der Waals surface area contributed by atoms with E-state index in [1.807, 2.05) is 6.92 Å². The van der Waals surface area contributed by atoms with Gasteiger partial charge in [0, 0.05) is 6.61 Å². The van der Waals surface area contributed by atoms with E-state index in [0.717, 1.165) is 13.0 Å². The Morgan fingerprint density at radius 1 is 1.67 bits per heavy atom. The molecule has 0 aromatic rings. The maximum absolute atomic E-state index is 11.4. The molecule has 0 aromatic carbocycles. The molecule has 4 nitrogen and oxygen atoms in total. The maximum atomic E-state index is 11.4. The molecule has 0 aliphatic carbocycles. The van der Waals surface area contributed by atoms with Gasteiger partial charge in [0.25, 0.3) is 0 Å². The van der Waals surface area contributed by atoms with E-state index < -0.39 is 15.3 Å². The zero-order valence-electron chi connectivity index (χ0n) is 9.06. The average molecular weight is 233 g/mol. The predicted molar refractivity (Wildman–Crippen MR) is 59.8 cm³/mol. The maximum Gasteiger partial charge on any atom is 0.212 e. The first-order chi connectivity index (χ1) is 6.95. The second kappa shape index (κ2) is 5.09. The average Bonchev–Trinajstić information content (AvgIpc) is 1.99. The number of primary sulfonamides is 1. The van der Waals surface area contributed by atoms with Crippen LogP contribution in [0, 0.1) is 5.92 Å². The summed E-state index contributed by atoms with van der Waals surface area (Å²) < 4.78 is 28.1. The van der Waals surface area contributed by atoms with Crippen molar-refractivity contribution in [2.75, 3.05) is 6.61 Å². The lowest BCUT2D eigenvalue weighted by Gasteiger charge is -2.31. The summed E-state index contributed by atoms with van der Waals surface area (Å²) in [6.07, 6.45) is 3.90. The minimum absolute atomic E-state index is 0.00157. The molecule has 1 rings (SSSR count). The van der Waals surface area contributed by atoms with Crippen LogP contribution in [0.5, 0.6) is 0 Å². The van der Waals surface area contributed by atoms with Crippen LogP contribution >= 0.6 is 0 Å². The zero-order chi connectivity index (χ0) is 11.5. The number of nitrogens with two attached hydrogens (primary N) is 1. The van der Waals surface area contributed by atoms with Gasteiger partial charge >= 0.3 is 0 Å². The van der Waals surface area contributed by atoms with Gasteiger partial charge in [0.1, 0.15) is 0 Å². The molecule has 0 radical (unpaired) electrons. The number of rotatable bonds is 6. The molecule has 1 aliphatic heterocycles. The van der Waals surface area contributed by atoms with Crippen molar-refractivity contribution in [3.05, 3.63) is 12.7 Å². The molecule has 2 N–H and O–H groups in total. The lowest BCUT2D eigenvalue weighted by atomic mass is 9.96. The lowest BCUT2D eigenvalue weighted by molar-refractivity contribution is -0.0563. The van der Waals surface area contributed by atoms with E-state index >= 15 is 0 Å². The molecule has 88 valence electrons. The smallest absolute Gasteiger partial charge is 0.212 e. The highest BCUT2D eigenvalue weighted by Gasteiger charge is 2.32. The first kappa shape index (κ1) is 12.7. The summed E-state index contributed by atoms with van der Waals surface area (Å²) in [6, 6.07) is 0. The fourth-order valence-electron chi connectivity index (χ4n) is 1.83. The number of ether oxygens (including phenoxy) is 1. The van der Waals surface area contributed by atoms with Crippen LogP contribution in [-0.2, 0) is 14.8 Å². The molecule has 3 atom stereocenters. The third-order valence-corrected chi connectivity index (χ3v) is 4.38. The molecule has 1 fully saturated rings. The van der Waals surface area contributed by atoms with Gasteiger partial charge in [-0.25, -0.2) is 13.6 Å². The Morgan fingerprint density at radius 3 is 2.60 bits per heavy atom. The Kier molecular flexibility index (Phi) is 4.31. The van der Waals surface area contributed by atoms with E-state index in [1.54, 1.807) is 6.08 Å². The molecular formula is C10H19NO3S. The van der Waals surface area contributed by atoms with Crippen LogP contribution in [0.1, 0.15) is 26.2 Å². The van der Waals surface area contributed by atoms with Crippen molar-refractivity contribution in [2.24, 2.45) is 11.1 Å². The van der Waals surface area contributed by atoms with Crippen LogP contribution in [0.15, 0.2) is 12.7 Å². The SMILES string of the molecule is C=CC[C@@H](C)[C@@H](C[C@@H]1CCO1)S(N)(=O)=O. The van der Waals surface area contributed by atoms with E-state index in [-0.39, 0.29) is 12.0 Å². The molecule has 15 heavy (non-hydrogen) atoms. The Morgan fingerprint density at radius 2 is 2.27 bits per heavy atom. The van der Waals surface area contributed by atoms with Crippen molar-refractivity contribution in [1.29, 1.82) is 0 Å². The minimum Gasteiger partial charge on any atom is -0.378 e. The van der Waals surface area contributed by atoms with Gasteiger partial charge in [-0.1, -0.05) is 13.0 Å². The zero-order valence-corrected chi connectivity index (χ0v) is 9.87. The normalized spacial score (nSPS) is 25.3. The molecule has 5 heteroatoms. The highest BCUT2D eigenvalue weighted by molar-refractivity contribution is 7.89. The quantitative estimate of drug-likeness (QED) is 0.697. The number of allylic oxidation sites excluding steroid dienone is 1. The summed E-state index contributed by atoms with van der Waals surface area (Å²) in [7, 11) is -3.49. The number of hydrogen-bond acceptors (Lipinski definition) is 3. The van der Waals surface area contributed by atoms with E-state index in [1.165, 1.54) is 0 Å². The van der Waals surface area contributed by atoms with Crippen molar-refractivity contribution in [3.63, 3.8) is 0 Å². The van der Waals surface area contributed by atoms with Crippen LogP contribution in [-0.4, -0.2) is 26.4 Å². The molecule has 0 bridgehead atoms. The van der Waals surface area contributed by atoms with Crippen molar-refractivity contribution < 1.29 is 13.2 Å². The van der Waals surface area contributed by atoms with Crippen LogP contribution in [0.4, 0.5) is 0 Å². The van der Waals surface area contributed by atoms with Gasteiger partial charge in [-0.2, -0.15) is 0 Å². The summed E-state index contributed by atoms with van der Waals surface area (Å²) in [6.45, 7) is 6.23. The van der Waals surface area contributed by atoms with E-state index in [2.05, 4.69) is 6.58 Å². The third-order valence-electron chi connectivity index (χ3n) is 2.88. The predicted octanol–water partition coefficient (Wildman–Crippen LogP) is 1.03. The first-order valence-corrected chi connectivity index (χ1v) is 6.80. The molecule has 1 saturated heterocycles. The standard InChI is InChI=1S/C10H19NO3S/c1-3-4-8(2)10(15(11,12)13)7-9-5-6-14-9/h3,8-10H,1,4-7H2,2H3,(H2,11,12,13)/t8-,9+,10-/m1/s1. The van der Waals surface area contributed by atoms with Crippen molar-refractivity contribution in [3.8, 4) is 0 Å². The van der Waals surface area contributed by atoms with Gasteiger partial charge in [-0.3, -0.25) is 0 Å². The Labute approximate surface area is 91.5 Å². The molecule has 1 aliphatic rings. The second-order valence-electron chi connectivity index (χ2n) is 4.15. The van der Waals surface area contributed by atoms with Gasteiger partial charge in [0.05, 0.1) is 11.4 Å². The monoisotopic (exact) mass is 233 g/mol. The van der Waals surface area contributed by atoms with Crippen molar-refractivity contribution in [2.45, 2.75) is 37.5 Å². The minimum atomic E-state index is -3.49. The summed E-state index contributed by atoms with van der Waals surface area (Å²) >= 11 is 0. The van der Waals surface area contributed by atoms with Crippen LogP contribution < -0.4 is 5.14 Å². The Balaban J connectivity index is 2.63. The molecule has 0 unspecified atom stereocenters. The highest BCUT2D eigenvalue weighted by atomic mass is 32.2. The number of hydrogen-bond donors (Lipinski definition) is 1. The molecule has 0 saturated carbocycles. The Hall–Kier alpha value is -0.390. The molecule has 0 spiro atoms. The molecule has 0 aromatic heterocycles. The Bertz CT molecular complexity index is 309. The molecule has 1 heterocycles. The van der Waals surface area contributed by atoms with Crippen LogP contribution in [0.25, 0.3) is 0 Å². The van der Waals surface area contributed by atoms with Crippen molar-refractivity contribution >= 4 is 10.0 Å². The summed E-state index contributed by atoms with van der Waals surface area (Å²) in [5.41, 5.74) is 0. The van der Waals surface area contributed by atoms with E-state index in [0.29, 0.717) is 12.8 Å². The second-order valence-corrected chi connectivity index (χ2v) is 5.93. The lowest BCUT2D eigenvalue weighted by Crippen LogP contribution is -2.40. The van der Waals surface area contributed by atoms with Gasteiger partial charge in [-0.15, -0.1) is 6.58 Å². The third kappa shape index (κ3) is 3.59. The summed E-state index contributed by atoms with van der Waals surface area (Å²) in [4.78, 5) is 0. The van der Waals surface area contributed by atoms with E-state index in [4.69, 9.17) is 9.88 Å². The largest absolute Gasteiger partial charge is 0.378 e. The fourth-order valence-corrected chi connectivity index (χ4v) is 3.08. The van der Waals surface area contributed by atoms with Gasteiger partial charge in [-0.05, 0) is 25.2 Å². The summed E-state index contributed by atoms with van der Waals surface area (Å²) in [5, 5.41) is 4.71. The van der Waals surface area contributed by atoms with Gasteiger partial charge in [0.2, 0.25) is 10.0 Å². The molecular weight excluding hydrogens is 214 g/mol. The van der Waals surface area contributed by atoms with Crippen LogP contribution in [0.2, 0.25) is 0 Å². The van der Waals surface area contributed by atoms with Crippen LogP contribution in [0.3, 0.4) is 0 Å². The summed E-state index contributed by atoms with van der Waals surface area (Å²) in [5.74, 6) is 0.00157. The number of sulfonamides is 1. The highest BCUT2D eigenvalue weighted by Crippen LogP contribution is 2.25. The molecule has 0 amide bonds. The van der Waals surface area contributed by atoms with Gasteiger partial charge < -0.3 is 4.74 Å². The van der Waals surface area contributed by atoms with Gasteiger partial charge in [0.15, 0.2) is 0 Å². The van der Waals surface area contributed by atoms with Crippen molar-refractivity contribution in [1.82, 2.24) is 0 Å². The first-order valence-electron chi connectivity index (χ1n) is 5.19. The fraction of sp³-hybridized carbons (Fsp3) is 0.800. The van der Waals surface area contributed by atoms with E-state index in [9.17, 15) is 8.42 Å².